The third kappa shape index (κ3) is 5.91. The monoisotopic (exact) mass is 241 g/mol. The molecule has 1 saturated heterocycles. The van der Waals surface area contributed by atoms with Gasteiger partial charge >= 0.3 is 6.03 Å². The molecule has 100 valence electrons. The van der Waals surface area contributed by atoms with Crippen molar-refractivity contribution in [2.45, 2.75) is 52.0 Å². The third-order valence-electron chi connectivity index (χ3n) is 3.31. The van der Waals surface area contributed by atoms with Gasteiger partial charge < -0.3 is 15.5 Å². The van der Waals surface area contributed by atoms with Gasteiger partial charge in [0.15, 0.2) is 0 Å². The standard InChI is InChI=1S/C13H27N3O/c1-3-4-5-6-7-12(2)14-8-10-16-11-9-15-13(16)17/h12,14H,3-11H2,1-2H3,(H,15,17). The normalized spacial score (nSPS) is 17.3. The summed E-state index contributed by atoms with van der Waals surface area (Å²) in [5.74, 6) is 0. The quantitative estimate of drug-likeness (QED) is 0.606. The minimum atomic E-state index is 0.0856. The Kier molecular flexibility index (Phi) is 7.01. The molecule has 1 unspecified atom stereocenters. The first-order chi connectivity index (χ1) is 8.24. The van der Waals surface area contributed by atoms with Crippen molar-refractivity contribution in [3.63, 3.8) is 0 Å². The minimum Gasteiger partial charge on any atom is -0.336 e. The Hall–Kier alpha value is -0.770. The van der Waals surface area contributed by atoms with Crippen molar-refractivity contribution in [2.24, 2.45) is 0 Å². The molecule has 0 aromatic rings. The maximum atomic E-state index is 11.3. The number of nitrogens with zero attached hydrogens (tertiary/aromatic N) is 1. The number of nitrogens with one attached hydrogen (secondary N) is 2. The van der Waals surface area contributed by atoms with Crippen molar-refractivity contribution < 1.29 is 4.79 Å². The van der Waals surface area contributed by atoms with E-state index in [2.05, 4.69) is 24.5 Å². The summed E-state index contributed by atoms with van der Waals surface area (Å²) >= 11 is 0. The molecule has 0 bridgehead atoms. The van der Waals surface area contributed by atoms with E-state index in [1.54, 1.807) is 0 Å². The number of carbonyl (C=O) groups is 1. The van der Waals surface area contributed by atoms with Gasteiger partial charge in [-0.25, -0.2) is 4.79 Å². The van der Waals surface area contributed by atoms with E-state index < -0.39 is 0 Å². The van der Waals surface area contributed by atoms with Gasteiger partial charge in [-0.1, -0.05) is 32.6 Å². The van der Waals surface area contributed by atoms with Gasteiger partial charge in [0.2, 0.25) is 0 Å². The second-order valence-electron chi connectivity index (χ2n) is 4.92. The van der Waals surface area contributed by atoms with E-state index in [1.807, 2.05) is 4.90 Å². The van der Waals surface area contributed by atoms with Gasteiger partial charge in [-0.3, -0.25) is 0 Å². The maximum Gasteiger partial charge on any atom is 0.317 e. The van der Waals surface area contributed by atoms with Crippen molar-refractivity contribution in [1.29, 1.82) is 0 Å². The maximum absolute atomic E-state index is 11.3. The van der Waals surface area contributed by atoms with E-state index in [0.717, 1.165) is 26.2 Å². The molecule has 1 aliphatic rings. The van der Waals surface area contributed by atoms with Crippen LogP contribution in [0.3, 0.4) is 0 Å². The summed E-state index contributed by atoms with van der Waals surface area (Å²) in [5.41, 5.74) is 0. The SMILES string of the molecule is CCCCCCC(C)NCCN1CCNC1=O. The summed E-state index contributed by atoms with van der Waals surface area (Å²) in [6, 6.07) is 0.653. The average molecular weight is 241 g/mol. The first-order valence-corrected chi connectivity index (χ1v) is 7.00. The molecular formula is C13H27N3O. The van der Waals surface area contributed by atoms with E-state index in [-0.39, 0.29) is 6.03 Å². The smallest absolute Gasteiger partial charge is 0.317 e. The molecule has 2 amide bonds. The summed E-state index contributed by atoms with van der Waals surface area (Å²) in [6.07, 6.45) is 6.54. The van der Waals surface area contributed by atoms with Crippen molar-refractivity contribution in [3.05, 3.63) is 0 Å². The lowest BCUT2D eigenvalue weighted by atomic mass is 10.1. The van der Waals surface area contributed by atoms with Gasteiger partial charge in [0.25, 0.3) is 0 Å². The number of carbonyl (C=O) groups excluding carboxylic acids is 1. The summed E-state index contributed by atoms with van der Waals surface area (Å²) in [6.45, 7) is 7.85. The molecule has 1 atom stereocenters. The Morgan fingerprint density at radius 1 is 1.41 bits per heavy atom. The predicted octanol–water partition coefficient (Wildman–Crippen LogP) is 1.96. The van der Waals surface area contributed by atoms with Crippen LogP contribution in [-0.4, -0.2) is 43.2 Å². The van der Waals surface area contributed by atoms with Crippen molar-refractivity contribution in [3.8, 4) is 0 Å². The lowest BCUT2D eigenvalue weighted by molar-refractivity contribution is 0.217. The highest BCUT2D eigenvalue weighted by Gasteiger charge is 2.18. The molecule has 0 aliphatic carbocycles. The van der Waals surface area contributed by atoms with Gasteiger partial charge in [0.05, 0.1) is 0 Å². The van der Waals surface area contributed by atoms with E-state index in [1.165, 1.54) is 32.1 Å². The topological polar surface area (TPSA) is 44.4 Å². The lowest BCUT2D eigenvalue weighted by Crippen LogP contribution is -2.37. The van der Waals surface area contributed by atoms with E-state index in [9.17, 15) is 4.79 Å². The van der Waals surface area contributed by atoms with Crippen LogP contribution in [0, 0.1) is 0 Å². The Bertz CT molecular complexity index is 221. The number of urea groups is 1. The van der Waals surface area contributed by atoms with Crippen LogP contribution >= 0.6 is 0 Å². The van der Waals surface area contributed by atoms with Crippen LogP contribution < -0.4 is 10.6 Å². The molecule has 2 N–H and O–H groups in total. The molecule has 17 heavy (non-hydrogen) atoms. The Morgan fingerprint density at radius 3 is 2.88 bits per heavy atom. The molecule has 1 heterocycles. The molecule has 1 aliphatic heterocycles. The highest BCUT2D eigenvalue weighted by atomic mass is 16.2. The molecule has 0 aromatic heterocycles. The van der Waals surface area contributed by atoms with Crippen molar-refractivity contribution >= 4 is 6.03 Å². The molecular weight excluding hydrogens is 214 g/mol. The van der Waals surface area contributed by atoms with Gasteiger partial charge in [-0.05, 0) is 13.3 Å². The lowest BCUT2D eigenvalue weighted by Gasteiger charge is -2.17. The summed E-state index contributed by atoms with van der Waals surface area (Å²) < 4.78 is 0. The van der Waals surface area contributed by atoms with Crippen LogP contribution in [0.25, 0.3) is 0 Å². The van der Waals surface area contributed by atoms with Crippen molar-refractivity contribution in [1.82, 2.24) is 15.5 Å². The molecule has 1 fully saturated rings. The largest absolute Gasteiger partial charge is 0.336 e. The summed E-state index contributed by atoms with van der Waals surface area (Å²) in [5, 5.41) is 6.30. The number of amides is 2. The van der Waals surface area contributed by atoms with Crippen LogP contribution in [-0.2, 0) is 0 Å². The first-order valence-electron chi connectivity index (χ1n) is 7.00. The molecule has 1 rings (SSSR count). The van der Waals surface area contributed by atoms with Gasteiger partial charge in [-0.2, -0.15) is 0 Å². The van der Waals surface area contributed by atoms with Crippen LogP contribution in [0.2, 0.25) is 0 Å². The molecule has 0 aromatic carbocycles. The van der Waals surface area contributed by atoms with Crippen LogP contribution in [0.15, 0.2) is 0 Å². The fourth-order valence-corrected chi connectivity index (χ4v) is 2.15. The fraction of sp³-hybridized carbons (Fsp3) is 0.923. The van der Waals surface area contributed by atoms with Gasteiger partial charge in [0, 0.05) is 32.2 Å². The van der Waals surface area contributed by atoms with E-state index in [4.69, 9.17) is 0 Å². The predicted molar refractivity (Wildman–Crippen MR) is 71.2 cm³/mol. The molecule has 4 heteroatoms. The average Bonchev–Trinajstić information content (AvgIpc) is 2.71. The Morgan fingerprint density at radius 2 is 2.24 bits per heavy atom. The zero-order chi connectivity index (χ0) is 12.5. The van der Waals surface area contributed by atoms with E-state index in [0.29, 0.717) is 6.04 Å². The second-order valence-corrected chi connectivity index (χ2v) is 4.92. The minimum absolute atomic E-state index is 0.0856. The zero-order valence-electron chi connectivity index (χ0n) is 11.3. The fourth-order valence-electron chi connectivity index (χ4n) is 2.15. The van der Waals surface area contributed by atoms with Gasteiger partial charge in [0.1, 0.15) is 0 Å². The van der Waals surface area contributed by atoms with Crippen molar-refractivity contribution in [2.75, 3.05) is 26.2 Å². The molecule has 0 spiro atoms. The second kappa shape index (κ2) is 8.34. The van der Waals surface area contributed by atoms with E-state index >= 15 is 0 Å². The number of rotatable bonds is 9. The molecule has 4 nitrogen and oxygen atoms in total. The summed E-state index contributed by atoms with van der Waals surface area (Å²) in [4.78, 5) is 13.2. The highest BCUT2D eigenvalue weighted by molar-refractivity contribution is 5.76. The van der Waals surface area contributed by atoms with Crippen LogP contribution in [0.4, 0.5) is 4.79 Å². The number of hydrogen-bond donors (Lipinski definition) is 2. The zero-order valence-corrected chi connectivity index (χ0v) is 11.3. The highest BCUT2D eigenvalue weighted by Crippen LogP contribution is 2.05. The molecule has 0 saturated carbocycles. The van der Waals surface area contributed by atoms with Crippen LogP contribution in [0.1, 0.15) is 46.0 Å². The Labute approximate surface area is 105 Å². The first kappa shape index (κ1) is 14.3. The van der Waals surface area contributed by atoms with Crippen LogP contribution in [0.5, 0.6) is 0 Å². The summed E-state index contributed by atoms with van der Waals surface area (Å²) in [7, 11) is 0. The number of hydrogen-bond acceptors (Lipinski definition) is 2. The van der Waals surface area contributed by atoms with Gasteiger partial charge in [-0.15, -0.1) is 0 Å². The molecule has 0 radical (unpaired) electrons. The number of unbranched alkanes of at least 4 members (excludes halogenated alkanes) is 3. The third-order valence-corrected chi connectivity index (χ3v) is 3.31. The Balaban J connectivity index is 1.96.